The van der Waals surface area contributed by atoms with Crippen LogP contribution in [0.2, 0.25) is 0 Å². The van der Waals surface area contributed by atoms with Crippen LogP contribution in [0.15, 0.2) is 0 Å². The summed E-state index contributed by atoms with van der Waals surface area (Å²) in [5, 5.41) is 83.2. The maximum Gasteiger partial charge on any atom is 0.187 e. The number of ether oxygens (including phenoxy) is 4. The third kappa shape index (κ3) is 5.97. The van der Waals surface area contributed by atoms with Crippen molar-refractivity contribution in [3.8, 4) is 0 Å². The summed E-state index contributed by atoms with van der Waals surface area (Å²) < 4.78 is 24.3. The molecule has 16 atom stereocenters. The van der Waals surface area contributed by atoms with E-state index in [4.69, 9.17) is 18.9 Å². The molecule has 41 heavy (non-hydrogen) atoms. The van der Waals surface area contributed by atoms with E-state index in [1.165, 1.54) is 0 Å². The number of hydrogen-bond acceptors (Lipinski definition) is 11. The quantitative estimate of drug-likeness (QED) is 0.166. The lowest BCUT2D eigenvalue weighted by molar-refractivity contribution is -0.381. The van der Waals surface area contributed by atoms with Crippen LogP contribution in [0.25, 0.3) is 0 Å². The molecule has 3 heterocycles. The van der Waals surface area contributed by atoms with Gasteiger partial charge in [-0.1, -0.05) is 0 Å². The normalized spacial score (nSPS) is 56.2. The van der Waals surface area contributed by atoms with Crippen molar-refractivity contribution in [2.75, 3.05) is 6.61 Å². The maximum absolute atomic E-state index is 10.9. The predicted molar refractivity (Wildman–Crippen MR) is 141 cm³/mol. The highest BCUT2D eigenvalue weighted by Crippen LogP contribution is 2.51. The van der Waals surface area contributed by atoms with Crippen molar-refractivity contribution < 1.29 is 59.8 Å². The molecule has 12 nitrogen and oxygen atoms in total. The van der Waals surface area contributed by atoms with Crippen LogP contribution in [-0.2, 0) is 14.2 Å². The predicted octanol–water partition coefficient (Wildman–Crippen LogP) is -1.93. The number of aliphatic hydroxyl groups excluding tert-OH is 8. The van der Waals surface area contributed by atoms with Gasteiger partial charge in [-0.25, -0.2) is 0 Å². The van der Waals surface area contributed by atoms with E-state index in [1.54, 1.807) is 0 Å². The molecule has 0 aromatic carbocycles. The summed E-state index contributed by atoms with van der Waals surface area (Å²) in [7, 11) is 0. The fraction of sp³-hybridized carbons (Fsp3) is 1.00. The Balaban J connectivity index is 1.32. The van der Waals surface area contributed by atoms with Crippen molar-refractivity contribution in [1.82, 2.24) is 0 Å². The third-order valence-corrected chi connectivity index (χ3v) is 11.1. The van der Waals surface area contributed by atoms with Crippen LogP contribution in [0.3, 0.4) is 0 Å². The van der Waals surface area contributed by atoms with E-state index in [2.05, 4.69) is 0 Å². The Bertz CT molecular complexity index is 869. The van der Waals surface area contributed by atoms with Gasteiger partial charge >= 0.3 is 0 Å². The molecular weight excluding hydrogens is 540 g/mol. The van der Waals surface area contributed by atoms with Crippen LogP contribution in [0, 0.1) is 23.7 Å². The highest BCUT2D eigenvalue weighted by atomic mass is 16.7. The second kappa shape index (κ2) is 12.5. The molecule has 3 saturated heterocycles. The Morgan fingerprint density at radius 2 is 1.39 bits per heavy atom. The smallest absolute Gasteiger partial charge is 0.187 e. The average Bonchev–Trinajstić information content (AvgIpc) is 2.95. The summed E-state index contributed by atoms with van der Waals surface area (Å²) >= 11 is 0. The van der Waals surface area contributed by atoms with Crippen molar-refractivity contribution in [1.29, 1.82) is 0 Å². The minimum Gasteiger partial charge on any atom is -0.427 e. The molecule has 6 rings (SSSR count). The monoisotopic (exact) mass is 589 g/mol. The van der Waals surface area contributed by atoms with Gasteiger partial charge < -0.3 is 59.8 Å². The highest BCUT2D eigenvalue weighted by molar-refractivity contribution is 5.06. The average molecular weight is 590 g/mol. The van der Waals surface area contributed by atoms with E-state index in [1.807, 2.05) is 0 Å². The Kier molecular flexibility index (Phi) is 9.30. The molecule has 0 amide bonds. The van der Waals surface area contributed by atoms with Gasteiger partial charge in [0.05, 0.1) is 49.1 Å². The van der Waals surface area contributed by atoms with Gasteiger partial charge in [0, 0.05) is 24.7 Å². The molecule has 0 radical (unpaired) electrons. The Morgan fingerprint density at radius 3 is 2.10 bits per heavy atom. The highest BCUT2D eigenvalue weighted by Gasteiger charge is 2.62. The van der Waals surface area contributed by atoms with E-state index in [0.29, 0.717) is 38.5 Å². The van der Waals surface area contributed by atoms with Crippen molar-refractivity contribution in [3.63, 3.8) is 0 Å². The molecule has 0 aromatic rings. The molecule has 0 aromatic heterocycles. The topological polar surface area (TPSA) is 202 Å². The van der Waals surface area contributed by atoms with E-state index in [0.717, 1.165) is 25.7 Å². The van der Waals surface area contributed by atoms with Crippen LogP contribution in [0.1, 0.15) is 64.2 Å². The number of hydrogen-bond donors (Lipinski definition) is 8. The standard InChI is InChI=1S/C29H48O12/c30-11-22-24(35)25(36)26(37)29(40-22)41-28-16-10-19(12-1-4-14(31)5-2-12)38-20-8-15(32)9-21(23(16)20)39-27(28)13-3-6-17(33)18(34)7-13/h12-37H,1-11H2/p+1/t12?,13?,14?,15?,16?,17?,18?,19?,20?,21?,22-,23?,24-,25+,26-,27?,28?,29+/m1/s1. The first-order chi connectivity index (χ1) is 19.6. The zero-order valence-corrected chi connectivity index (χ0v) is 23.4. The molecule has 6 fully saturated rings. The van der Waals surface area contributed by atoms with E-state index in [-0.39, 0.29) is 48.1 Å². The van der Waals surface area contributed by atoms with Gasteiger partial charge in [-0.3, -0.25) is 0 Å². The summed E-state index contributed by atoms with van der Waals surface area (Å²) in [5.74, 6) is 0.0256. The SMILES string of the molecule is OC[C@H]1O[C@@H](OC2C3CC(C4CCC(O)CC4)OC4CC(O)CC([OH+]C2C2CCC(O)C(O)C2)C43)[C@H](O)[C@@H](O)[C@@H]1O. The van der Waals surface area contributed by atoms with E-state index in [9.17, 15) is 40.9 Å². The molecule has 236 valence electrons. The van der Waals surface area contributed by atoms with Gasteiger partial charge in [0.15, 0.2) is 18.5 Å². The molecule has 3 aliphatic heterocycles. The summed E-state index contributed by atoms with van der Waals surface area (Å²) in [6.45, 7) is -0.562. The lowest BCUT2D eigenvalue weighted by Crippen LogP contribution is -2.68. The molecule has 0 bridgehead atoms. The molecule has 9 N–H and O–H groups in total. The zero-order valence-electron chi connectivity index (χ0n) is 23.4. The van der Waals surface area contributed by atoms with Gasteiger partial charge in [-0.15, -0.1) is 0 Å². The first-order valence-corrected chi connectivity index (χ1v) is 15.7. The lowest BCUT2D eigenvalue weighted by Gasteiger charge is -2.56. The molecule has 0 spiro atoms. The third-order valence-electron chi connectivity index (χ3n) is 11.1. The summed E-state index contributed by atoms with van der Waals surface area (Å²) in [5.41, 5.74) is 0. The zero-order chi connectivity index (χ0) is 29.0. The second-order valence-electron chi connectivity index (χ2n) is 13.6. The van der Waals surface area contributed by atoms with Gasteiger partial charge in [0.2, 0.25) is 0 Å². The van der Waals surface area contributed by atoms with E-state index < -0.39 is 67.8 Å². The van der Waals surface area contributed by atoms with Crippen molar-refractivity contribution in [2.24, 2.45) is 23.7 Å². The van der Waals surface area contributed by atoms with Crippen LogP contribution in [0.4, 0.5) is 0 Å². The molecular formula is C29H49O12+. The summed E-state index contributed by atoms with van der Waals surface area (Å²) in [4.78, 5) is 0. The molecule has 11 unspecified atom stereocenters. The number of aliphatic hydroxyl groups is 10. The fourth-order valence-corrected chi connectivity index (χ4v) is 8.85. The summed E-state index contributed by atoms with van der Waals surface area (Å²) in [6, 6.07) is 0. The van der Waals surface area contributed by atoms with Crippen LogP contribution < -0.4 is 0 Å². The van der Waals surface area contributed by atoms with E-state index >= 15 is 0 Å². The fourth-order valence-electron chi connectivity index (χ4n) is 8.85. The minimum absolute atomic E-state index is 0.0333. The minimum atomic E-state index is -1.57. The van der Waals surface area contributed by atoms with Gasteiger partial charge in [0.1, 0.15) is 30.5 Å². The molecule has 3 saturated carbocycles. The maximum atomic E-state index is 10.9. The Labute approximate surface area is 240 Å². The largest absolute Gasteiger partial charge is 0.427 e. The van der Waals surface area contributed by atoms with Crippen molar-refractivity contribution in [2.45, 2.75) is 150 Å². The Morgan fingerprint density at radius 1 is 0.659 bits per heavy atom. The van der Waals surface area contributed by atoms with Crippen LogP contribution in [0.5, 0.6) is 0 Å². The summed E-state index contributed by atoms with van der Waals surface area (Å²) in [6.07, 6.45) is -4.92. The van der Waals surface area contributed by atoms with Crippen molar-refractivity contribution >= 4 is 0 Å². The number of rotatable bonds is 5. The first-order valence-electron chi connectivity index (χ1n) is 15.7. The van der Waals surface area contributed by atoms with Gasteiger partial charge in [-0.2, -0.15) is 0 Å². The lowest BCUT2D eigenvalue weighted by atomic mass is 9.63. The van der Waals surface area contributed by atoms with Gasteiger partial charge in [0.25, 0.3) is 0 Å². The first kappa shape index (κ1) is 30.5. The Hall–Kier alpha value is -0.480. The molecule has 3 aliphatic carbocycles. The van der Waals surface area contributed by atoms with Crippen molar-refractivity contribution in [3.05, 3.63) is 0 Å². The molecule has 12 heteroatoms. The van der Waals surface area contributed by atoms with Gasteiger partial charge in [-0.05, 0) is 57.3 Å². The van der Waals surface area contributed by atoms with Crippen LogP contribution in [-0.4, -0.2) is 138 Å². The molecule has 6 aliphatic rings. The second-order valence-corrected chi connectivity index (χ2v) is 13.6. The van der Waals surface area contributed by atoms with Crippen LogP contribution >= 0.6 is 0 Å².